The van der Waals surface area contributed by atoms with E-state index in [0.29, 0.717) is 11.4 Å². The minimum Gasteiger partial charge on any atom is -0.338 e. The first-order chi connectivity index (χ1) is 11.8. The maximum absolute atomic E-state index is 12.7. The predicted octanol–water partition coefficient (Wildman–Crippen LogP) is 4.48. The molecule has 0 bridgehead atoms. The number of aromatic amines is 1. The van der Waals surface area contributed by atoms with E-state index in [-0.39, 0.29) is 5.91 Å². The summed E-state index contributed by atoms with van der Waals surface area (Å²) in [5, 5.41) is 2.92. The molecule has 4 heteroatoms. The molecule has 1 amide bonds. The SMILES string of the molecule is O=C(Nc1ccccc1)c1ccccc1-c1nc2ccccc2[nH]1. The number of aromatic nitrogens is 2. The van der Waals surface area contributed by atoms with E-state index in [1.807, 2.05) is 72.8 Å². The Morgan fingerprint density at radius 2 is 1.54 bits per heavy atom. The second kappa shape index (κ2) is 6.01. The molecule has 0 aliphatic heterocycles. The summed E-state index contributed by atoms with van der Waals surface area (Å²) in [4.78, 5) is 20.5. The number of carbonyl (C=O) groups excluding carboxylic acids is 1. The lowest BCUT2D eigenvalue weighted by atomic mass is 10.1. The highest BCUT2D eigenvalue weighted by Crippen LogP contribution is 2.24. The van der Waals surface area contributed by atoms with Crippen molar-refractivity contribution in [3.8, 4) is 11.4 Å². The van der Waals surface area contributed by atoms with Crippen molar-refractivity contribution >= 4 is 22.6 Å². The van der Waals surface area contributed by atoms with Crippen molar-refractivity contribution in [3.05, 3.63) is 84.4 Å². The first-order valence-corrected chi connectivity index (χ1v) is 7.72. The van der Waals surface area contributed by atoms with Crippen LogP contribution in [0.15, 0.2) is 78.9 Å². The molecule has 24 heavy (non-hydrogen) atoms. The fraction of sp³-hybridized carbons (Fsp3) is 0. The van der Waals surface area contributed by atoms with Gasteiger partial charge in [0.1, 0.15) is 5.82 Å². The summed E-state index contributed by atoms with van der Waals surface area (Å²) in [6, 6.07) is 24.7. The zero-order valence-corrected chi connectivity index (χ0v) is 12.9. The van der Waals surface area contributed by atoms with E-state index in [0.717, 1.165) is 22.3 Å². The van der Waals surface area contributed by atoms with Crippen LogP contribution in [0.25, 0.3) is 22.4 Å². The molecule has 3 aromatic carbocycles. The quantitative estimate of drug-likeness (QED) is 0.586. The maximum atomic E-state index is 12.7. The smallest absolute Gasteiger partial charge is 0.256 e. The molecule has 0 atom stereocenters. The Morgan fingerprint density at radius 1 is 0.833 bits per heavy atom. The lowest BCUT2D eigenvalue weighted by Gasteiger charge is -2.08. The number of rotatable bonds is 3. The lowest BCUT2D eigenvalue weighted by molar-refractivity contribution is 0.102. The molecule has 116 valence electrons. The second-order valence-electron chi connectivity index (χ2n) is 5.47. The van der Waals surface area contributed by atoms with Crippen molar-refractivity contribution in [2.75, 3.05) is 5.32 Å². The fourth-order valence-corrected chi connectivity index (χ4v) is 2.69. The van der Waals surface area contributed by atoms with Crippen LogP contribution in [-0.4, -0.2) is 15.9 Å². The minimum atomic E-state index is -0.155. The molecule has 2 N–H and O–H groups in total. The van der Waals surface area contributed by atoms with Crippen molar-refractivity contribution < 1.29 is 4.79 Å². The summed E-state index contributed by atoms with van der Waals surface area (Å²) in [5.41, 5.74) is 3.96. The molecule has 0 spiro atoms. The number of amides is 1. The molecule has 1 aromatic heterocycles. The third kappa shape index (κ3) is 2.65. The molecule has 0 fully saturated rings. The first-order valence-electron chi connectivity index (χ1n) is 7.72. The van der Waals surface area contributed by atoms with Gasteiger partial charge in [0.15, 0.2) is 0 Å². The number of benzene rings is 3. The zero-order valence-electron chi connectivity index (χ0n) is 12.9. The topological polar surface area (TPSA) is 57.8 Å². The second-order valence-corrected chi connectivity index (χ2v) is 5.47. The van der Waals surface area contributed by atoms with Gasteiger partial charge in [0.25, 0.3) is 5.91 Å². The molecule has 0 aliphatic carbocycles. The summed E-state index contributed by atoms with van der Waals surface area (Å²) in [5.74, 6) is 0.535. The van der Waals surface area contributed by atoms with Gasteiger partial charge >= 0.3 is 0 Å². The number of para-hydroxylation sites is 3. The average molecular weight is 313 g/mol. The number of hydrogen-bond acceptors (Lipinski definition) is 2. The largest absolute Gasteiger partial charge is 0.338 e. The van der Waals surface area contributed by atoms with Crippen LogP contribution in [0.2, 0.25) is 0 Å². The zero-order chi connectivity index (χ0) is 16.4. The van der Waals surface area contributed by atoms with Crippen LogP contribution >= 0.6 is 0 Å². The summed E-state index contributed by atoms with van der Waals surface area (Å²) in [6.07, 6.45) is 0. The van der Waals surface area contributed by atoms with Gasteiger partial charge in [0, 0.05) is 11.3 Å². The Balaban J connectivity index is 1.73. The molecule has 0 aliphatic rings. The van der Waals surface area contributed by atoms with E-state index in [9.17, 15) is 4.79 Å². The molecular formula is C20H15N3O. The summed E-state index contributed by atoms with van der Waals surface area (Å²) in [6.45, 7) is 0. The van der Waals surface area contributed by atoms with Crippen molar-refractivity contribution in [1.82, 2.24) is 9.97 Å². The van der Waals surface area contributed by atoms with Gasteiger partial charge in [-0.2, -0.15) is 0 Å². The van der Waals surface area contributed by atoms with Gasteiger partial charge in [0.2, 0.25) is 0 Å². The molecule has 0 unspecified atom stereocenters. The Bertz CT molecular complexity index is 973. The minimum absolute atomic E-state index is 0.155. The number of carbonyl (C=O) groups is 1. The predicted molar refractivity (Wildman–Crippen MR) is 95.9 cm³/mol. The number of fused-ring (bicyclic) bond motifs is 1. The summed E-state index contributed by atoms with van der Waals surface area (Å²) < 4.78 is 0. The number of anilines is 1. The summed E-state index contributed by atoms with van der Waals surface area (Å²) >= 11 is 0. The highest BCUT2D eigenvalue weighted by molar-refractivity contribution is 6.08. The van der Waals surface area contributed by atoms with Crippen LogP contribution in [0.5, 0.6) is 0 Å². The monoisotopic (exact) mass is 313 g/mol. The average Bonchev–Trinajstić information content (AvgIpc) is 3.06. The molecule has 4 aromatic rings. The molecule has 1 heterocycles. The lowest BCUT2D eigenvalue weighted by Crippen LogP contribution is -2.13. The molecule has 0 radical (unpaired) electrons. The Hall–Kier alpha value is -3.40. The van der Waals surface area contributed by atoms with E-state index in [2.05, 4.69) is 15.3 Å². The number of nitrogens with zero attached hydrogens (tertiary/aromatic N) is 1. The highest BCUT2D eigenvalue weighted by atomic mass is 16.1. The molecular weight excluding hydrogens is 298 g/mol. The number of imidazole rings is 1. The van der Waals surface area contributed by atoms with E-state index in [1.54, 1.807) is 6.07 Å². The highest BCUT2D eigenvalue weighted by Gasteiger charge is 2.15. The van der Waals surface area contributed by atoms with E-state index in [4.69, 9.17) is 0 Å². The number of hydrogen-bond donors (Lipinski definition) is 2. The van der Waals surface area contributed by atoms with Crippen LogP contribution < -0.4 is 5.32 Å². The van der Waals surface area contributed by atoms with Gasteiger partial charge in [-0.3, -0.25) is 4.79 Å². The van der Waals surface area contributed by atoms with E-state index >= 15 is 0 Å². The Morgan fingerprint density at radius 3 is 2.38 bits per heavy atom. The first kappa shape index (κ1) is 14.2. The van der Waals surface area contributed by atoms with Crippen LogP contribution in [0.3, 0.4) is 0 Å². The van der Waals surface area contributed by atoms with Crippen molar-refractivity contribution in [2.45, 2.75) is 0 Å². The van der Waals surface area contributed by atoms with Crippen LogP contribution in [0.4, 0.5) is 5.69 Å². The van der Waals surface area contributed by atoms with Gasteiger partial charge in [-0.05, 0) is 30.3 Å². The van der Waals surface area contributed by atoms with Gasteiger partial charge in [0.05, 0.1) is 16.6 Å². The van der Waals surface area contributed by atoms with Gasteiger partial charge in [-0.1, -0.05) is 48.5 Å². The third-order valence-electron chi connectivity index (χ3n) is 3.85. The standard InChI is InChI=1S/C20H15N3O/c24-20(21-14-8-2-1-3-9-14)16-11-5-4-10-15(16)19-22-17-12-6-7-13-18(17)23-19/h1-13H,(H,21,24)(H,22,23). The molecule has 4 rings (SSSR count). The molecule has 0 saturated carbocycles. The van der Waals surface area contributed by atoms with Crippen LogP contribution in [0.1, 0.15) is 10.4 Å². The van der Waals surface area contributed by atoms with Gasteiger partial charge in [-0.25, -0.2) is 4.98 Å². The van der Waals surface area contributed by atoms with Crippen LogP contribution in [-0.2, 0) is 0 Å². The van der Waals surface area contributed by atoms with Crippen molar-refractivity contribution in [3.63, 3.8) is 0 Å². The molecule has 4 nitrogen and oxygen atoms in total. The van der Waals surface area contributed by atoms with Crippen molar-refractivity contribution in [1.29, 1.82) is 0 Å². The Kier molecular flexibility index (Phi) is 3.56. The number of nitrogens with one attached hydrogen (secondary N) is 2. The van der Waals surface area contributed by atoms with Gasteiger partial charge < -0.3 is 10.3 Å². The van der Waals surface area contributed by atoms with Crippen LogP contribution in [0, 0.1) is 0 Å². The van der Waals surface area contributed by atoms with E-state index < -0.39 is 0 Å². The van der Waals surface area contributed by atoms with Crippen molar-refractivity contribution in [2.24, 2.45) is 0 Å². The van der Waals surface area contributed by atoms with Gasteiger partial charge in [-0.15, -0.1) is 0 Å². The fourth-order valence-electron chi connectivity index (χ4n) is 2.69. The van der Waals surface area contributed by atoms with E-state index in [1.165, 1.54) is 0 Å². The third-order valence-corrected chi connectivity index (χ3v) is 3.85. The summed E-state index contributed by atoms with van der Waals surface area (Å²) in [7, 11) is 0. The normalized spacial score (nSPS) is 10.7. The maximum Gasteiger partial charge on any atom is 0.256 e. The molecule has 0 saturated heterocycles. The Labute approximate surface area is 139 Å². The number of H-pyrrole nitrogens is 1.